The molecule has 1 aliphatic carbocycles. The minimum Gasteiger partial charge on any atom is -0.450 e. The number of rotatable bonds is 8. The van der Waals surface area contributed by atoms with Crippen LogP contribution in [0.5, 0.6) is 17.4 Å². The second kappa shape index (κ2) is 9.42. The zero-order chi connectivity index (χ0) is 21.7. The zero-order valence-electron chi connectivity index (χ0n) is 15.8. The van der Waals surface area contributed by atoms with Crippen LogP contribution < -0.4 is 10.1 Å². The molecule has 3 rings (SSSR count). The highest BCUT2D eigenvalue weighted by Gasteiger charge is 2.32. The van der Waals surface area contributed by atoms with Crippen molar-refractivity contribution in [3.05, 3.63) is 46.6 Å². The van der Waals surface area contributed by atoms with Gasteiger partial charge in [0.2, 0.25) is 5.88 Å². The summed E-state index contributed by atoms with van der Waals surface area (Å²) in [5.41, 5.74) is -0.399. The summed E-state index contributed by atoms with van der Waals surface area (Å²) in [6.07, 6.45) is -1.35. The lowest BCUT2D eigenvalue weighted by atomic mass is 10.1. The predicted octanol–water partition coefficient (Wildman–Crippen LogP) is 5.76. The van der Waals surface area contributed by atoms with E-state index in [1.165, 1.54) is 12.1 Å². The Bertz CT molecular complexity index is 904. The summed E-state index contributed by atoms with van der Waals surface area (Å²) < 4.78 is 48.8. The fourth-order valence-corrected chi connectivity index (χ4v) is 2.83. The van der Waals surface area contributed by atoms with Gasteiger partial charge >= 0.3 is 12.3 Å². The first kappa shape index (κ1) is 22.0. The van der Waals surface area contributed by atoms with Crippen molar-refractivity contribution >= 4 is 17.7 Å². The fourth-order valence-electron chi connectivity index (χ4n) is 2.62. The van der Waals surface area contributed by atoms with Gasteiger partial charge in [-0.05, 0) is 49.3 Å². The lowest BCUT2D eigenvalue weighted by Crippen LogP contribution is -2.26. The van der Waals surface area contributed by atoms with Crippen LogP contribution in [0.15, 0.2) is 30.5 Å². The maximum absolute atomic E-state index is 12.7. The normalized spacial score (nSPS) is 13.7. The summed E-state index contributed by atoms with van der Waals surface area (Å²) in [6.45, 7) is 0.775. The van der Waals surface area contributed by atoms with E-state index in [9.17, 15) is 23.1 Å². The lowest BCUT2D eigenvalue weighted by molar-refractivity contribution is -0.137. The summed E-state index contributed by atoms with van der Waals surface area (Å²) in [4.78, 5) is 15.2. The van der Waals surface area contributed by atoms with E-state index in [1.54, 1.807) is 6.07 Å². The van der Waals surface area contributed by atoms with Crippen molar-refractivity contribution in [2.75, 3.05) is 13.2 Å². The van der Waals surface area contributed by atoms with E-state index < -0.39 is 17.8 Å². The van der Waals surface area contributed by atoms with E-state index in [-0.39, 0.29) is 29.0 Å². The van der Waals surface area contributed by atoms with Crippen LogP contribution in [0.25, 0.3) is 0 Å². The average Bonchev–Trinajstić information content (AvgIpc) is 3.50. The van der Waals surface area contributed by atoms with Gasteiger partial charge in [0.15, 0.2) is 5.75 Å². The number of nitrogens with one attached hydrogen (secondary N) is 1. The van der Waals surface area contributed by atoms with Crippen LogP contribution in [0.3, 0.4) is 0 Å². The van der Waals surface area contributed by atoms with Gasteiger partial charge in [-0.2, -0.15) is 13.2 Å². The van der Waals surface area contributed by atoms with Gasteiger partial charge in [0, 0.05) is 18.8 Å². The number of aryl methyl sites for hydroxylation is 1. The van der Waals surface area contributed by atoms with Crippen LogP contribution in [-0.4, -0.2) is 24.2 Å². The topological polar surface area (TPSA) is 80.4 Å². The molecule has 30 heavy (non-hydrogen) atoms. The van der Waals surface area contributed by atoms with Crippen LogP contribution in [0.2, 0.25) is 5.02 Å². The molecule has 10 heteroatoms. The van der Waals surface area contributed by atoms with Gasteiger partial charge < -0.3 is 14.8 Å². The van der Waals surface area contributed by atoms with Gasteiger partial charge in [0.25, 0.3) is 0 Å². The van der Waals surface area contributed by atoms with Gasteiger partial charge in [-0.25, -0.2) is 9.78 Å². The molecule has 1 aromatic carbocycles. The van der Waals surface area contributed by atoms with E-state index in [0.717, 1.165) is 12.8 Å². The molecule has 1 radical (unpaired) electrons. The van der Waals surface area contributed by atoms with Crippen LogP contribution >= 0.6 is 11.6 Å². The molecular formula is C20H19ClF3N2O4. The minimum absolute atomic E-state index is 0.134. The molecule has 1 saturated carbocycles. The molecule has 0 aliphatic heterocycles. The predicted molar refractivity (Wildman–Crippen MR) is 101 cm³/mol. The molecule has 1 aliphatic rings. The molecule has 0 unspecified atom stereocenters. The molecule has 0 spiro atoms. The van der Waals surface area contributed by atoms with E-state index in [0.29, 0.717) is 43.1 Å². The third kappa shape index (κ3) is 6.41. The Balaban J connectivity index is 1.59. The van der Waals surface area contributed by atoms with Gasteiger partial charge in [0.1, 0.15) is 10.8 Å². The Morgan fingerprint density at radius 2 is 2.03 bits per heavy atom. The molecule has 0 saturated heterocycles. The highest BCUT2D eigenvalue weighted by Crippen LogP contribution is 2.36. The van der Waals surface area contributed by atoms with Gasteiger partial charge in [-0.1, -0.05) is 17.7 Å². The largest absolute Gasteiger partial charge is 0.450 e. The quantitative estimate of drug-likeness (QED) is 0.526. The number of nitrogens with zero attached hydrogens (tertiary/aromatic N) is 1. The number of hydrogen-bond donors (Lipinski definition) is 1. The highest BCUT2D eigenvalue weighted by molar-refractivity contribution is 6.31. The van der Waals surface area contributed by atoms with Crippen molar-refractivity contribution in [1.29, 1.82) is 0 Å². The monoisotopic (exact) mass is 443 g/mol. The molecule has 161 valence electrons. The summed E-state index contributed by atoms with van der Waals surface area (Å²) >= 11 is 5.87. The number of ether oxygens (including phenoxy) is 2. The number of hydrogen-bond acceptors (Lipinski definition) is 4. The zero-order valence-corrected chi connectivity index (χ0v) is 16.6. The number of alkyl carbamates (subject to hydrolysis) is 1. The smallest absolute Gasteiger partial charge is 0.417 e. The van der Waals surface area contributed by atoms with Crippen LogP contribution in [0.1, 0.15) is 30.4 Å². The van der Waals surface area contributed by atoms with Crippen LogP contribution in [-0.2, 0) is 22.4 Å². The van der Waals surface area contributed by atoms with Crippen molar-refractivity contribution in [3.8, 4) is 17.4 Å². The molecule has 1 heterocycles. The summed E-state index contributed by atoms with van der Waals surface area (Å²) in [5, 5.41) is 14.0. The number of pyridine rings is 1. The van der Waals surface area contributed by atoms with Crippen molar-refractivity contribution in [2.24, 2.45) is 5.92 Å². The maximum atomic E-state index is 12.7. The van der Waals surface area contributed by atoms with Crippen molar-refractivity contribution in [2.45, 2.75) is 31.9 Å². The SMILES string of the molecule is [O]c1ccc(CCCOC(=O)NCC2CC2)c(Oc2ncc(C(F)(F)F)cc2Cl)c1. The molecule has 1 N–H and O–H groups in total. The molecular weight excluding hydrogens is 425 g/mol. The van der Waals surface area contributed by atoms with E-state index in [4.69, 9.17) is 21.1 Å². The summed E-state index contributed by atoms with van der Waals surface area (Å²) in [5.74, 6) is 0.100. The molecule has 0 atom stereocenters. The fraction of sp³-hybridized carbons (Fsp3) is 0.400. The lowest BCUT2D eigenvalue weighted by Gasteiger charge is -2.13. The third-order valence-corrected chi connectivity index (χ3v) is 4.71. The van der Waals surface area contributed by atoms with Crippen LogP contribution in [0.4, 0.5) is 18.0 Å². The van der Waals surface area contributed by atoms with E-state index in [1.807, 2.05) is 0 Å². The first-order valence-electron chi connectivity index (χ1n) is 9.33. The number of benzene rings is 1. The highest BCUT2D eigenvalue weighted by atomic mass is 35.5. The minimum atomic E-state index is -4.58. The molecule has 1 fully saturated rings. The second-order valence-corrected chi connectivity index (χ2v) is 7.35. The number of halogens is 4. The molecule has 2 aromatic rings. The third-order valence-electron chi connectivity index (χ3n) is 4.44. The standard InChI is InChI=1S/C20H19ClF3N2O4/c21-16-8-14(20(22,23)24)11-25-18(16)30-17-9-15(27)6-5-13(17)2-1-7-29-19(28)26-10-12-3-4-12/h5-6,8-9,11-12H,1-4,7,10H2,(H,26,28). The Labute approximate surface area is 176 Å². The van der Waals surface area contributed by atoms with Crippen molar-refractivity contribution in [3.63, 3.8) is 0 Å². The second-order valence-electron chi connectivity index (χ2n) is 6.94. The maximum Gasteiger partial charge on any atom is 0.417 e. The molecule has 1 amide bonds. The number of aromatic nitrogens is 1. The van der Waals surface area contributed by atoms with Gasteiger partial charge in [-0.3, -0.25) is 5.11 Å². The van der Waals surface area contributed by atoms with Gasteiger partial charge in [0.05, 0.1) is 12.2 Å². The van der Waals surface area contributed by atoms with Crippen molar-refractivity contribution in [1.82, 2.24) is 10.3 Å². The number of carbonyl (C=O) groups excluding carboxylic acids is 1. The molecule has 6 nitrogen and oxygen atoms in total. The Morgan fingerprint density at radius 1 is 1.27 bits per heavy atom. The van der Waals surface area contributed by atoms with Gasteiger partial charge in [-0.15, -0.1) is 0 Å². The number of amides is 1. The summed E-state index contributed by atoms with van der Waals surface area (Å²) in [7, 11) is 0. The average molecular weight is 444 g/mol. The number of alkyl halides is 3. The van der Waals surface area contributed by atoms with Crippen LogP contribution in [0, 0.1) is 5.92 Å². The first-order valence-corrected chi connectivity index (χ1v) is 9.71. The Kier molecular flexibility index (Phi) is 6.91. The summed E-state index contributed by atoms with van der Waals surface area (Å²) in [6, 6.07) is 4.79. The van der Waals surface area contributed by atoms with E-state index >= 15 is 0 Å². The van der Waals surface area contributed by atoms with E-state index in [2.05, 4.69) is 10.3 Å². The first-order chi connectivity index (χ1) is 14.2. The molecule has 1 aromatic heterocycles. The Morgan fingerprint density at radius 3 is 2.70 bits per heavy atom. The number of carbonyl (C=O) groups is 1. The van der Waals surface area contributed by atoms with Crippen molar-refractivity contribution < 1.29 is 32.5 Å². The molecule has 0 bridgehead atoms. The Hall–Kier alpha value is -2.68.